The van der Waals surface area contributed by atoms with Crippen LogP contribution in [0.25, 0.3) is 0 Å². The summed E-state index contributed by atoms with van der Waals surface area (Å²) in [6, 6.07) is 3.68. The van der Waals surface area contributed by atoms with Gasteiger partial charge in [0.2, 0.25) is 0 Å². The maximum absolute atomic E-state index is 11.7. The van der Waals surface area contributed by atoms with Crippen LogP contribution in [0.4, 0.5) is 0 Å². The average molecular weight is 280 g/mol. The van der Waals surface area contributed by atoms with Crippen LogP contribution in [-0.4, -0.2) is 32.4 Å². The van der Waals surface area contributed by atoms with E-state index in [0.29, 0.717) is 36.5 Å². The molecule has 1 fully saturated rings. The van der Waals surface area contributed by atoms with Crippen molar-refractivity contribution in [3.05, 3.63) is 23.3 Å². The summed E-state index contributed by atoms with van der Waals surface area (Å²) in [6.45, 7) is 0.406. The molecule has 5 nitrogen and oxygen atoms in total. The van der Waals surface area contributed by atoms with Crippen LogP contribution in [0.2, 0.25) is 0 Å². The molecule has 0 radical (unpaired) electrons. The molecule has 1 aromatic rings. The summed E-state index contributed by atoms with van der Waals surface area (Å²) < 4.78 is 15.9. The number of benzene rings is 1. The fourth-order valence-corrected chi connectivity index (χ4v) is 2.76. The Morgan fingerprint density at radius 1 is 1.25 bits per heavy atom. The summed E-state index contributed by atoms with van der Waals surface area (Å²) >= 11 is 0. The highest BCUT2D eigenvalue weighted by molar-refractivity contribution is 5.84. The molecule has 1 N–H and O–H groups in total. The van der Waals surface area contributed by atoms with Gasteiger partial charge < -0.3 is 19.3 Å². The minimum atomic E-state index is -0.859. The number of hydrogen-bond acceptors (Lipinski definition) is 4. The van der Waals surface area contributed by atoms with Gasteiger partial charge in [0.15, 0.2) is 11.5 Å². The molecule has 1 aromatic carbocycles. The van der Waals surface area contributed by atoms with Gasteiger partial charge in [-0.25, -0.2) is 0 Å². The second-order valence-corrected chi connectivity index (χ2v) is 5.05. The van der Waals surface area contributed by atoms with E-state index >= 15 is 0 Å². The van der Waals surface area contributed by atoms with Gasteiger partial charge in [0, 0.05) is 12.7 Å². The second kappa shape index (κ2) is 5.71. The quantitative estimate of drug-likeness (QED) is 0.866. The zero-order valence-electron chi connectivity index (χ0n) is 12.1. The highest BCUT2D eigenvalue weighted by Crippen LogP contribution is 2.50. The van der Waals surface area contributed by atoms with Crippen LogP contribution in [0.3, 0.4) is 0 Å². The summed E-state index contributed by atoms with van der Waals surface area (Å²) in [4.78, 5) is 11.7. The minimum Gasteiger partial charge on any atom is -0.493 e. The summed E-state index contributed by atoms with van der Waals surface area (Å²) in [6.07, 6.45) is 2.16. The third kappa shape index (κ3) is 2.22. The molecule has 0 heterocycles. The molecule has 0 spiro atoms. The smallest absolute Gasteiger partial charge is 0.314 e. The number of hydrogen-bond donors (Lipinski definition) is 1. The Bertz CT molecular complexity index is 505. The molecule has 1 saturated carbocycles. The van der Waals surface area contributed by atoms with Crippen LogP contribution >= 0.6 is 0 Å². The molecule has 0 bridgehead atoms. The van der Waals surface area contributed by atoms with Crippen LogP contribution in [0.15, 0.2) is 12.1 Å². The zero-order valence-corrected chi connectivity index (χ0v) is 12.1. The van der Waals surface area contributed by atoms with Crippen molar-refractivity contribution in [2.45, 2.75) is 31.3 Å². The second-order valence-electron chi connectivity index (χ2n) is 5.05. The predicted octanol–water partition coefficient (Wildman–Crippen LogP) is 2.36. The molecule has 20 heavy (non-hydrogen) atoms. The van der Waals surface area contributed by atoms with Crippen LogP contribution in [0.5, 0.6) is 11.5 Å². The Kier molecular flexibility index (Phi) is 4.18. The van der Waals surface area contributed by atoms with Gasteiger partial charge in [-0.05, 0) is 30.5 Å². The van der Waals surface area contributed by atoms with E-state index in [1.807, 2.05) is 12.1 Å². The monoisotopic (exact) mass is 280 g/mol. The molecule has 5 heteroatoms. The molecule has 2 rings (SSSR count). The number of methoxy groups -OCH3 is 3. The minimum absolute atomic E-state index is 0.406. The van der Waals surface area contributed by atoms with Crippen LogP contribution in [0, 0.1) is 0 Å². The Balaban J connectivity index is 2.59. The number of carboxylic acids is 1. The molecule has 0 unspecified atom stereocenters. The Labute approximate surface area is 118 Å². The number of rotatable bonds is 6. The first-order chi connectivity index (χ1) is 9.58. The van der Waals surface area contributed by atoms with Gasteiger partial charge in [-0.15, -0.1) is 0 Å². The standard InChI is InChI=1S/C15H20O5/c1-18-9-10-7-11(13(20-3)12(8-10)19-2)15(14(16)17)5-4-6-15/h7-8H,4-6,9H2,1-3H3,(H,16,17). The lowest BCUT2D eigenvalue weighted by molar-refractivity contribution is -0.147. The van der Waals surface area contributed by atoms with Gasteiger partial charge in [0.25, 0.3) is 0 Å². The molecule has 110 valence electrons. The molecule has 0 amide bonds. The summed E-state index contributed by atoms with van der Waals surface area (Å²) in [5.74, 6) is 0.248. The fraction of sp³-hybridized carbons (Fsp3) is 0.533. The number of carbonyl (C=O) groups is 1. The predicted molar refractivity (Wildman–Crippen MR) is 73.4 cm³/mol. The molecular weight excluding hydrogens is 260 g/mol. The molecular formula is C15H20O5. The Morgan fingerprint density at radius 2 is 1.95 bits per heavy atom. The van der Waals surface area contributed by atoms with Crippen molar-refractivity contribution in [2.75, 3.05) is 21.3 Å². The van der Waals surface area contributed by atoms with E-state index in [0.717, 1.165) is 12.0 Å². The first-order valence-corrected chi connectivity index (χ1v) is 6.56. The van der Waals surface area contributed by atoms with Crippen molar-refractivity contribution >= 4 is 5.97 Å². The SMILES string of the molecule is COCc1cc(OC)c(OC)c(C2(C(=O)O)CCC2)c1. The molecule has 0 aromatic heterocycles. The molecule has 0 saturated heterocycles. The Hall–Kier alpha value is -1.75. The van der Waals surface area contributed by atoms with Crippen molar-refractivity contribution in [1.82, 2.24) is 0 Å². The lowest BCUT2D eigenvalue weighted by Crippen LogP contribution is -2.42. The van der Waals surface area contributed by atoms with Gasteiger partial charge in [-0.2, -0.15) is 0 Å². The van der Waals surface area contributed by atoms with Gasteiger partial charge in [-0.3, -0.25) is 4.79 Å². The summed E-state index contributed by atoms with van der Waals surface area (Å²) in [5.41, 5.74) is 0.709. The first-order valence-electron chi connectivity index (χ1n) is 6.56. The molecule has 1 aliphatic rings. The Morgan fingerprint density at radius 3 is 2.35 bits per heavy atom. The zero-order chi connectivity index (χ0) is 14.8. The maximum Gasteiger partial charge on any atom is 0.314 e. The van der Waals surface area contributed by atoms with Crippen molar-refractivity contribution in [2.24, 2.45) is 0 Å². The summed E-state index contributed by atoms with van der Waals surface area (Å²) in [5, 5.41) is 9.61. The largest absolute Gasteiger partial charge is 0.493 e. The fourth-order valence-electron chi connectivity index (χ4n) is 2.76. The van der Waals surface area contributed by atoms with E-state index in [1.54, 1.807) is 14.2 Å². The van der Waals surface area contributed by atoms with Crippen molar-refractivity contribution < 1.29 is 24.1 Å². The van der Waals surface area contributed by atoms with E-state index < -0.39 is 11.4 Å². The van der Waals surface area contributed by atoms with E-state index in [2.05, 4.69) is 0 Å². The summed E-state index contributed by atoms with van der Waals surface area (Å²) in [7, 11) is 4.69. The van der Waals surface area contributed by atoms with Crippen LogP contribution < -0.4 is 9.47 Å². The number of carboxylic acid groups (broad SMARTS) is 1. The third-order valence-corrected chi connectivity index (χ3v) is 3.98. The topological polar surface area (TPSA) is 65.0 Å². The van der Waals surface area contributed by atoms with E-state index in [-0.39, 0.29) is 0 Å². The van der Waals surface area contributed by atoms with E-state index in [1.165, 1.54) is 7.11 Å². The van der Waals surface area contributed by atoms with Crippen LogP contribution in [0.1, 0.15) is 30.4 Å². The molecule has 1 aliphatic carbocycles. The van der Waals surface area contributed by atoms with Gasteiger partial charge >= 0.3 is 5.97 Å². The average Bonchev–Trinajstić information content (AvgIpc) is 2.36. The van der Waals surface area contributed by atoms with Gasteiger partial charge in [-0.1, -0.05) is 6.42 Å². The van der Waals surface area contributed by atoms with Crippen molar-refractivity contribution in [3.8, 4) is 11.5 Å². The van der Waals surface area contributed by atoms with Gasteiger partial charge in [0.05, 0.1) is 26.2 Å². The van der Waals surface area contributed by atoms with E-state index in [9.17, 15) is 9.90 Å². The van der Waals surface area contributed by atoms with Crippen molar-refractivity contribution in [1.29, 1.82) is 0 Å². The number of ether oxygens (including phenoxy) is 3. The molecule has 0 atom stereocenters. The maximum atomic E-state index is 11.7. The van der Waals surface area contributed by atoms with Crippen molar-refractivity contribution in [3.63, 3.8) is 0 Å². The van der Waals surface area contributed by atoms with E-state index in [4.69, 9.17) is 14.2 Å². The highest BCUT2D eigenvalue weighted by atomic mass is 16.5. The number of aliphatic carboxylic acids is 1. The normalized spacial score (nSPS) is 16.4. The van der Waals surface area contributed by atoms with Crippen LogP contribution in [-0.2, 0) is 21.6 Å². The highest BCUT2D eigenvalue weighted by Gasteiger charge is 2.48. The third-order valence-electron chi connectivity index (χ3n) is 3.98. The lowest BCUT2D eigenvalue weighted by Gasteiger charge is -2.39. The molecule has 0 aliphatic heterocycles. The van der Waals surface area contributed by atoms with Gasteiger partial charge in [0.1, 0.15) is 0 Å². The first kappa shape index (κ1) is 14.7. The lowest BCUT2D eigenvalue weighted by atomic mass is 9.64.